The van der Waals surface area contributed by atoms with Gasteiger partial charge in [0.2, 0.25) is 0 Å². The molecule has 2 nitrogen and oxygen atoms in total. The molecule has 1 aromatic carbocycles. The number of hydrogen-bond donors (Lipinski definition) is 0. The predicted molar refractivity (Wildman–Crippen MR) is 81.2 cm³/mol. The van der Waals surface area contributed by atoms with Gasteiger partial charge in [0.05, 0.1) is 17.7 Å². The van der Waals surface area contributed by atoms with E-state index >= 15 is 0 Å². The van der Waals surface area contributed by atoms with Crippen LogP contribution in [-0.2, 0) is 17.8 Å². The monoisotopic (exact) mass is 307 g/mol. The predicted octanol–water partition coefficient (Wildman–Crippen LogP) is 4.98. The van der Waals surface area contributed by atoms with Crippen molar-refractivity contribution in [2.45, 2.75) is 32.0 Å². The Bertz CT molecular complexity index is 615. The van der Waals surface area contributed by atoms with Crippen molar-refractivity contribution in [1.82, 2.24) is 4.98 Å². The molecule has 3 rings (SSSR count). The van der Waals surface area contributed by atoms with Gasteiger partial charge in [-0.05, 0) is 36.5 Å². The quantitative estimate of drug-likeness (QED) is 0.746. The number of fused-ring (bicyclic) bond motifs is 1. The molecule has 0 N–H and O–H groups in total. The molecule has 0 saturated carbocycles. The third kappa shape index (κ3) is 2.98. The van der Waals surface area contributed by atoms with Crippen molar-refractivity contribution in [3.05, 3.63) is 63.4 Å². The fraction of sp³-hybridized carbons (Fsp3) is 0.312. The normalized spacial score (nSPS) is 17.8. The summed E-state index contributed by atoms with van der Waals surface area (Å²) in [5.41, 5.74) is 3.57. The van der Waals surface area contributed by atoms with Crippen LogP contribution in [0.4, 0.5) is 0 Å². The molecule has 20 heavy (non-hydrogen) atoms. The summed E-state index contributed by atoms with van der Waals surface area (Å²) >= 11 is 11.9. The molecule has 1 heterocycles. The Balaban J connectivity index is 1.73. The Morgan fingerprint density at radius 3 is 2.95 bits per heavy atom. The second-order valence-corrected chi connectivity index (χ2v) is 5.78. The summed E-state index contributed by atoms with van der Waals surface area (Å²) in [7, 11) is 0. The molecular formula is C16H15Cl2NO. The van der Waals surface area contributed by atoms with Gasteiger partial charge in [-0.1, -0.05) is 47.5 Å². The third-order valence-electron chi connectivity index (χ3n) is 3.65. The van der Waals surface area contributed by atoms with Crippen LogP contribution in [0.5, 0.6) is 0 Å². The molecule has 0 bridgehead atoms. The molecule has 0 fully saturated rings. The molecule has 0 spiro atoms. The zero-order chi connectivity index (χ0) is 13.9. The number of pyridine rings is 1. The summed E-state index contributed by atoms with van der Waals surface area (Å²) < 4.78 is 6.05. The van der Waals surface area contributed by atoms with Crippen LogP contribution < -0.4 is 0 Å². The smallest absolute Gasteiger partial charge is 0.130 e. The van der Waals surface area contributed by atoms with E-state index in [2.05, 4.69) is 29.2 Å². The van der Waals surface area contributed by atoms with Crippen LogP contribution in [0.15, 0.2) is 36.5 Å². The lowest BCUT2D eigenvalue weighted by molar-refractivity contribution is 0.0282. The van der Waals surface area contributed by atoms with Crippen molar-refractivity contribution < 1.29 is 4.74 Å². The Kier molecular flexibility index (Phi) is 4.25. The molecule has 1 atom stereocenters. The number of rotatable bonds is 3. The van der Waals surface area contributed by atoms with E-state index in [1.165, 1.54) is 11.1 Å². The molecule has 1 aromatic heterocycles. The number of aromatic nitrogens is 1. The summed E-state index contributed by atoms with van der Waals surface area (Å²) in [6, 6.07) is 10.1. The van der Waals surface area contributed by atoms with Crippen molar-refractivity contribution in [3.8, 4) is 0 Å². The van der Waals surface area contributed by atoms with Gasteiger partial charge < -0.3 is 4.74 Å². The highest BCUT2D eigenvalue weighted by Gasteiger charge is 2.20. The van der Waals surface area contributed by atoms with Gasteiger partial charge in [-0.2, -0.15) is 0 Å². The lowest BCUT2D eigenvalue weighted by Crippen LogP contribution is -2.12. The second kappa shape index (κ2) is 6.13. The van der Waals surface area contributed by atoms with Gasteiger partial charge in [-0.3, -0.25) is 0 Å². The molecule has 0 amide bonds. The molecule has 0 saturated heterocycles. The number of halogens is 2. The van der Waals surface area contributed by atoms with Gasteiger partial charge in [-0.25, -0.2) is 4.98 Å². The molecular weight excluding hydrogens is 293 g/mol. The SMILES string of the molecule is Clc1cc(Cl)c(COC2CCCc3ccccc32)cn1. The van der Waals surface area contributed by atoms with Gasteiger partial charge in [-0.15, -0.1) is 0 Å². The van der Waals surface area contributed by atoms with Crippen molar-refractivity contribution in [1.29, 1.82) is 0 Å². The van der Waals surface area contributed by atoms with Gasteiger partial charge in [0.15, 0.2) is 0 Å². The number of ether oxygens (including phenoxy) is 1. The molecule has 1 aliphatic carbocycles. The number of hydrogen-bond acceptors (Lipinski definition) is 2. The molecule has 2 aromatic rings. The maximum atomic E-state index is 6.14. The van der Waals surface area contributed by atoms with Crippen molar-refractivity contribution in [2.75, 3.05) is 0 Å². The highest BCUT2D eigenvalue weighted by molar-refractivity contribution is 6.34. The molecule has 4 heteroatoms. The highest BCUT2D eigenvalue weighted by atomic mass is 35.5. The maximum absolute atomic E-state index is 6.14. The van der Waals surface area contributed by atoms with Crippen molar-refractivity contribution in [2.24, 2.45) is 0 Å². The first-order chi connectivity index (χ1) is 9.74. The van der Waals surface area contributed by atoms with E-state index in [1.54, 1.807) is 12.3 Å². The number of nitrogens with zero attached hydrogens (tertiary/aromatic N) is 1. The Morgan fingerprint density at radius 1 is 1.25 bits per heavy atom. The van der Waals surface area contributed by atoms with E-state index in [0.717, 1.165) is 24.8 Å². The molecule has 0 radical (unpaired) electrons. The summed E-state index contributed by atoms with van der Waals surface area (Å²) in [4.78, 5) is 4.05. The van der Waals surface area contributed by atoms with Gasteiger partial charge >= 0.3 is 0 Å². The van der Waals surface area contributed by atoms with Crippen LogP contribution in [0, 0.1) is 0 Å². The van der Waals surface area contributed by atoms with Gasteiger partial charge in [0, 0.05) is 11.8 Å². The van der Waals surface area contributed by atoms with Crippen molar-refractivity contribution >= 4 is 23.2 Å². The number of benzene rings is 1. The molecule has 0 aliphatic heterocycles. The fourth-order valence-corrected chi connectivity index (χ4v) is 3.04. The lowest BCUT2D eigenvalue weighted by Gasteiger charge is -2.25. The summed E-state index contributed by atoms with van der Waals surface area (Å²) in [6.45, 7) is 0.460. The summed E-state index contributed by atoms with van der Waals surface area (Å²) in [5, 5.41) is 1.01. The highest BCUT2D eigenvalue weighted by Crippen LogP contribution is 2.33. The van der Waals surface area contributed by atoms with E-state index in [1.807, 2.05) is 0 Å². The topological polar surface area (TPSA) is 22.1 Å². The Labute approximate surface area is 128 Å². The van der Waals surface area contributed by atoms with E-state index < -0.39 is 0 Å². The van der Waals surface area contributed by atoms with E-state index in [4.69, 9.17) is 27.9 Å². The minimum absolute atomic E-state index is 0.145. The van der Waals surface area contributed by atoms with Crippen LogP contribution in [-0.4, -0.2) is 4.98 Å². The van der Waals surface area contributed by atoms with Crippen LogP contribution in [0.3, 0.4) is 0 Å². The Morgan fingerprint density at radius 2 is 2.10 bits per heavy atom. The molecule has 1 aliphatic rings. The summed E-state index contributed by atoms with van der Waals surface area (Å²) in [5.74, 6) is 0. The minimum atomic E-state index is 0.145. The zero-order valence-corrected chi connectivity index (χ0v) is 12.5. The van der Waals surface area contributed by atoms with Crippen LogP contribution in [0.2, 0.25) is 10.2 Å². The van der Waals surface area contributed by atoms with Gasteiger partial charge in [0.25, 0.3) is 0 Å². The second-order valence-electron chi connectivity index (χ2n) is 4.99. The minimum Gasteiger partial charge on any atom is -0.369 e. The van der Waals surface area contributed by atoms with E-state index in [0.29, 0.717) is 16.8 Å². The first-order valence-electron chi connectivity index (χ1n) is 6.73. The average Bonchev–Trinajstić information content (AvgIpc) is 2.46. The van der Waals surface area contributed by atoms with E-state index in [9.17, 15) is 0 Å². The Hall–Kier alpha value is -1.09. The third-order valence-corrected chi connectivity index (χ3v) is 4.21. The largest absolute Gasteiger partial charge is 0.369 e. The maximum Gasteiger partial charge on any atom is 0.130 e. The van der Waals surface area contributed by atoms with E-state index in [-0.39, 0.29) is 6.10 Å². The zero-order valence-electron chi connectivity index (χ0n) is 11.0. The molecule has 1 unspecified atom stereocenters. The van der Waals surface area contributed by atoms with Crippen LogP contribution >= 0.6 is 23.2 Å². The molecule has 104 valence electrons. The standard InChI is InChI=1S/C16H15Cl2NO/c17-14-8-16(18)19-9-12(14)10-20-15-7-3-5-11-4-1-2-6-13(11)15/h1-2,4,6,8-9,15H,3,5,7,10H2. The lowest BCUT2D eigenvalue weighted by atomic mass is 9.89. The van der Waals surface area contributed by atoms with Crippen LogP contribution in [0.25, 0.3) is 0 Å². The number of aryl methyl sites for hydroxylation is 1. The fourth-order valence-electron chi connectivity index (χ4n) is 2.61. The first-order valence-corrected chi connectivity index (χ1v) is 7.49. The first kappa shape index (κ1) is 13.9. The average molecular weight is 308 g/mol. The van der Waals surface area contributed by atoms with Gasteiger partial charge in [0.1, 0.15) is 5.15 Å². The van der Waals surface area contributed by atoms with Crippen molar-refractivity contribution in [3.63, 3.8) is 0 Å². The van der Waals surface area contributed by atoms with Crippen LogP contribution in [0.1, 0.15) is 35.6 Å². The summed E-state index contributed by atoms with van der Waals surface area (Å²) in [6.07, 6.45) is 5.18.